The van der Waals surface area contributed by atoms with Crippen LogP contribution in [-0.2, 0) is 0 Å². The van der Waals surface area contributed by atoms with Gasteiger partial charge < -0.3 is 16.3 Å². The standard InChI is InChI=1S/C13H27N3O/c1-9(2)11-6-4-5-7-12(11)15-10(3)8-13(14)16-17/h9-12,15,17H,4-8H2,1-3H3,(H2,14,16). The minimum atomic E-state index is 0.273. The zero-order chi connectivity index (χ0) is 12.8. The van der Waals surface area contributed by atoms with Crippen LogP contribution in [0.5, 0.6) is 0 Å². The van der Waals surface area contributed by atoms with Crippen LogP contribution in [0, 0.1) is 11.8 Å². The summed E-state index contributed by atoms with van der Waals surface area (Å²) in [5.74, 6) is 1.80. The van der Waals surface area contributed by atoms with Gasteiger partial charge in [-0.2, -0.15) is 0 Å². The van der Waals surface area contributed by atoms with Crippen LogP contribution < -0.4 is 11.1 Å². The first-order valence-corrected chi connectivity index (χ1v) is 6.77. The van der Waals surface area contributed by atoms with Gasteiger partial charge in [-0.15, -0.1) is 0 Å². The minimum absolute atomic E-state index is 0.273. The summed E-state index contributed by atoms with van der Waals surface area (Å²) in [7, 11) is 0. The molecule has 17 heavy (non-hydrogen) atoms. The minimum Gasteiger partial charge on any atom is -0.409 e. The number of rotatable bonds is 5. The quantitative estimate of drug-likeness (QED) is 0.299. The highest BCUT2D eigenvalue weighted by Gasteiger charge is 2.28. The zero-order valence-corrected chi connectivity index (χ0v) is 11.3. The Balaban J connectivity index is 2.47. The van der Waals surface area contributed by atoms with Crippen molar-refractivity contribution in [3.63, 3.8) is 0 Å². The van der Waals surface area contributed by atoms with Gasteiger partial charge in [0.25, 0.3) is 0 Å². The van der Waals surface area contributed by atoms with Gasteiger partial charge in [0.1, 0.15) is 5.84 Å². The lowest BCUT2D eigenvalue weighted by molar-refractivity contribution is 0.195. The summed E-state index contributed by atoms with van der Waals surface area (Å²) < 4.78 is 0. The normalized spacial score (nSPS) is 28.4. The Morgan fingerprint density at radius 2 is 2.00 bits per heavy atom. The lowest BCUT2D eigenvalue weighted by Crippen LogP contribution is -2.46. The van der Waals surface area contributed by atoms with Crippen molar-refractivity contribution in [2.75, 3.05) is 0 Å². The Hall–Kier alpha value is -0.770. The van der Waals surface area contributed by atoms with Crippen molar-refractivity contribution >= 4 is 5.84 Å². The maximum atomic E-state index is 8.56. The second-order valence-corrected chi connectivity index (χ2v) is 5.66. The van der Waals surface area contributed by atoms with Gasteiger partial charge in [-0.25, -0.2) is 0 Å². The molecule has 4 heteroatoms. The van der Waals surface area contributed by atoms with E-state index in [1.54, 1.807) is 0 Å². The van der Waals surface area contributed by atoms with Crippen LogP contribution in [0.25, 0.3) is 0 Å². The molecule has 1 aliphatic carbocycles. The molecule has 1 fully saturated rings. The summed E-state index contributed by atoms with van der Waals surface area (Å²) in [6, 6.07) is 0.862. The largest absolute Gasteiger partial charge is 0.409 e. The molecule has 0 spiro atoms. The molecule has 4 N–H and O–H groups in total. The van der Waals surface area contributed by atoms with E-state index in [0.717, 1.165) is 11.8 Å². The maximum absolute atomic E-state index is 8.56. The summed E-state index contributed by atoms with van der Waals surface area (Å²) in [5, 5.41) is 15.2. The second kappa shape index (κ2) is 6.84. The first kappa shape index (κ1) is 14.3. The molecular formula is C13H27N3O. The molecule has 0 aromatic carbocycles. The molecule has 1 aliphatic rings. The van der Waals surface area contributed by atoms with Crippen LogP contribution in [0.4, 0.5) is 0 Å². The van der Waals surface area contributed by atoms with Crippen molar-refractivity contribution in [2.45, 2.75) is 65.0 Å². The molecule has 0 saturated heterocycles. The Morgan fingerprint density at radius 1 is 1.35 bits per heavy atom. The molecule has 0 aliphatic heterocycles. The Kier molecular flexibility index (Phi) is 5.75. The van der Waals surface area contributed by atoms with Crippen LogP contribution >= 0.6 is 0 Å². The molecule has 0 amide bonds. The molecule has 4 nitrogen and oxygen atoms in total. The SMILES string of the molecule is CC(CC(N)=NO)NC1CCCCC1C(C)C. The Bertz CT molecular complexity index is 253. The number of hydrogen-bond donors (Lipinski definition) is 3. The van der Waals surface area contributed by atoms with Crippen LogP contribution in [0.1, 0.15) is 52.9 Å². The van der Waals surface area contributed by atoms with Crippen LogP contribution in [-0.4, -0.2) is 23.1 Å². The van der Waals surface area contributed by atoms with E-state index in [-0.39, 0.29) is 6.04 Å². The fourth-order valence-corrected chi connectivity index (χ4v) is 2.94. The average molecular weight is 241 g/mol. The summed E-state index contributed by atoms with van der Waals surface area (Å²) in [6.07, 6.45) is 5.86. The highest BCUT2D eigenvalue weighted by Crippen LogP contribution is 2.30. The first-order valence-electron chi connectivity index (χ1n) is 6.77. The van der Waals surface area contributed by atoms with E-state index < -0.39 is 0 Å². The molecule has 0 radical (unpaired) electrons. The number of nitrogens with zero attached hydrogens (tertiary/aromatic N) is 1. The highest BCUT2D eigenvalue weighted by molar-refractivity contribution is 5.80. The van der Waals surface area contributed by atoms with Crippen LogP contribution in [0.3, 0.4) is 0 Å². The second-order valence-electron chi connectivity index (χ2n) is 5.66. The van der Waals surface area contributed by atoms with Crippen molar-refractivity contribution in [1.82, 2.24) is 5.32 Å². The van der Waals surface area contributed by atoms with Gasteiger partial charge in [0, 0.05) is 18.5 Å². The van der Waals surface area contributed by atoms with Gasteiger partial charge in [-0.05, 0) is 31.6 Å². The summed E-state index contributed by atoms with van der Waals surface area (Å²) in [6.45, 7) is 6.71. The molecule has 0 aromatic heterocycles. The molecule has 1 rings (SSSR count). The van der Waals surface area contributed by atoms with Gasteiger partial charge in [0.2, 0.25) is 0 Å². The number of oxime groups is 1. The Morgan fingerprint density at radius 3 is 2.59 bits per heavy atom. The number of amidine groups is 1. The van der Waals surface area contributed by atoms with Gasteiger partial charge in [0.15, 0.2) is 0 Å². The van der Waals surface area contributed by atoms with E-state index >= 15 is 0 Å². The van der Waals surface area contributed by atoms with Crippen molar-refractivity contribution < 1.29 is 5.21 Å². The predicted octanol–water partition coefficient (Wildman–Crippen LogP) is 2.32. The lowest BCUT2D eigenvalue weighted by Gasteiger charge is -2.36. The molecule has 0 bridgehead atoms. The topological polar surface area (TPSA) is 70.6 Å². The van der Waals surface area contributed by atoms with Crippen LogP contribution in [0.2, 0.25) is 0 Å². The fraction of sp³-hybridized carbons (Fsp3) is 0.923. The van der Waals surface area contributed by atoms with Crippen molar-refractivity contribution in [2.24, 2.45) is 22.7 Å². The average Bonchev–Trinajstić information content (AvgIpc) is 2.29. The Labute approximate surface area is 105 Å². The van der Waals surface area contributed by atoms with E-state index in [1.165, 1.54) is 25.7 Å². The van der Waals surface area contributed by atoms with Crippen LogP contribution in [0.15, 0.2) is 5.16 Å². The van der Waals surface area contributed by atoms with Gasteiger partial charge in [0.05, 0.1) is 0 Å². The van der Waals surface area contributed by atoms with E-state index in [1.807, 2.05) is 0 Å². The molecule has 3 atom stereocenters. The number of hydrogen-bond acceptors (Lipinski definition) is 3. The smallest absolute Gasteiger partial charge is 0.140 e. The molecule has 1 saturated carbocycles. The van der Waals surface area contributed by atoms with Gasteiger partial charge in [-0.1, -0.05) is 31.8 Å². The number of nitrogens with one attached hydrogen (secondary N) is 1. The van der Waals surface area contributed by atoms with Crippen molar-refractivity contribution in [3.8, 4) is 0 Å². The van der Waals surface area contributed by atoms with E-state index in [2.05, 4.69) is 31.2 Å². The zero-order valence-electron chi connectivity index (χ0n) is 11.3. The van der Waals surface area contributed by atoms with Crippen molar-refractivity contribution in [3.05, 3.63) is 0 Å². The number of nitrogens with two attached hydrogens (primary N) is 1. The maximum Gasteiger partial charge on any atom is 0.140 e. The summed E-state index contributed by atoms with van der Waals surface area (Å²) >= 11 is 0. The molecule has 3 unspecified atom stereocenters. The van der Waals surface area contributed by atoms with Crippen molar-refractivity contribution in [1.29, 1.82) is 0 Å². The monoisotopic (exact) mass is 241 g/mol. The van der Waals surface area contributed by atoms with E-state index in [9.17, 15) is 0 Å². The third-order valence-electron chi connectivity index (χ3n) is 3.82. The van der Waals surface area contributed by atoms with E-state index in [4.69, 9.17) is 10.9 Å². The third kappa shape index (κ3) is 4.54. The lowest BCUT2D eigenvalue weighted by atomic mass is 9.77. The molecule has 100 valence electrons. The van der Waals surface area contributed by atoms with Gasteiger partial charge in [-0.3, -0.25) is 0 Å². The summed E-state index contributed by atoms with van der Waals surface area (Å²) in [4.78, 5) is 0. The molecular weight excluding hydrogens is 214 g/mol. The first-order chi connectivity index (χ1) is 8.04. The molecule has 0 heterocycles. The highest BCUT2D eigenvalue weighted by atomic mass is 16.4. The predicted molar refractivity (Wildman–Crippen MR) is 71.2 cm³/mol. The van der Waals surface area contributed by atoms with E-state index in [0.29, 0.717) is 18.3 Å². The van der Waals surface area contributed by atoms with Gasteiger partial charge >= 0.3 is 0 Å². The fourth-order valence-electron chi connectivity index (χ4n) is 2.94. The third-order valence-corrected chi connectivity index (χ3v) is 3.82. The summed E-state index contributed by atoms with van der Waals surface area (Å²) in [5.41, 5.74) is 5.53. The molecule has 0 aromatic rings.